The van der Waals surface area contributed by atoms with E-state index in [0.29, 0.717) is 0 Å². The number of hydrogen-bond acceptors (Lipinski definition) is 2. The van der Waals surface area contributed by atoms with Crippen molar-refractivity contribution in [2.24, 2.45) is 10.9 Å². The van der Waals surface area contributed by atoms with Crippen LogP contribution in [-0.2, 0) is 0 Å². The topological polar surface area (TPSA) is 25.2 Å². The van der Waals surface area contributed by atoms with Crippen LogP contribution in [0.25, 0.3) is 17.3 Å². The van der Waals surface area contributed by atoms with Crippen LogP contribution in [0.2, 0.25) is 0 Å². The van der Waals surface area contributed by atoms with Crippen LogP contribution >= 0.6 is 0 Å². The minimum absolute atomic E-state index is 0.0334. The van der Waals surface area contributed by atoms with Gasteiger partial charge in [-0.25, -0.2) is 0 Å². The first kappa shape index (κ1) is 20.1. The van der Waals surface area contributed by atoms with E-state index in [4.69, 9.17) is 0 Å². The normalized spacial score (nSPS) is 14.3. The molecule has 0 saturated heterocycles. The molecule has 1 aromatic carbocycles. The van der Waals surface area contributed by atoms with E-state index in [9.17, 15) is 0 Å². The Kier molecular flexibility index (Phi) is 8.45. The Bertz CT molecular complexity index is 842. The molecule has 27 heavy (non-hydrogen) atoms. The lowest BCUT2D eigenvalue weighted by Crippen LogP contribution is -2.11. The van der Waals surface area contributed by atoms with Gasteiger partial charge in [0.05, 0.1) is 11.7 Å². The number of pyridine rings is 1. The van der Waals surface area contributed by atoms with Crippen molar-refractivity contribution in [3.05, 3.63) is 110 Å². The van der Waals surface area contributed by atoms with Crippen molar-refractivity contribution in [2.45, 2.75) is 13.0 Å². The number of aliphatic imine (C=N–C) groups is 1. The fourth-order valence-corrected chi connectivity index (χ4v) is 2.72. The van der Waals surface area contributed by atoms with Crippen LogP contribution in [0.4, 0.5) is 0 Å². The molecule has 1 aromatic heterocycles. The van der Waals surface area contributed by atoms with Gasteiger partial charge in [0, 0.05) is 23.9 Å². The lowest BCUT2D eigenvalue weighted by Gasteiger charge is -2.14. The standard InChI is InChI=1S/C25H26N2/c1-4-7-11-19-26-24(6-3)22(13-5-2)18-17-21-14-8-9-15-23(21)25-16-10-12-20-27-25/h4-20,22,24H,1,3H2,2H3/b11-7-,13-5-,18-17-,26-19?. The monoisotopic (exact) mass is 354 g/mol. The number of allylic oxidation sites excluding steroid dienone is 4. The molecule has 2 aromatic rings. The van der Waals surface area contributed by atoms with Crippen molar-refractivity contribution < 1.29 is 0 Å². The molecule has 0 spiro atoms. The predicted molar refractivity (Wildman–Crippen MR) is 119 cm³/mol. The van der Waals surface area contributed by atoms with Gasteiger partial charge in [0.15, 0.2) is 0 Å². The Morgan fingerprint density at radius 2 is 1.81 bits per heavy atom. The first-order chi connectivity index (χ1) is 13.3. The molecule has 0 radical (unpaired) electrons. The van der Waals surface area contributed by atoms with Gasteiger partial charge in [0.2, 0.25) is 0 Å². The summed E-state index contributed by atoms with van der Waals surface area (Å²) in [6.45, 7) is 9.63. The summed E-state index contributed by atoms with van der Waals surface area (Å²) in [5, 5.41) is 0. The van der Waals surface area contributed by atoms with Crippen molar-refractivity contribution in [3.63, 3.8) is 0 Å². The minimum atomic E-state index is -0.0334. The van der Waals surface area contributed by atoms with Crippen molar-refractivity contribution in [1.82, 2.24) is 4.98 Å². The maximum atomic E-state index is 4.60. The summed E-state index contributed by atoms with van der Waals surface area (Å²) in [4.78, 5) is 9.08. The van der Waals surface area contributed by atoms with Crippen LogP contribution in [0.15, 0.2) is 109 Å². The van der Waals surface area contributed by atoms with Crippen LogP contribution in [0.3, 0.4) is 0 Å². The molecule has 0 aliphatic heterocycles. The van der Waals surface area contributed by atoms with Crippen molar-refractivity contribution in [2.75, 3.05) is 0 Å². The highest BCUT2D eigenvalue weighted by atomic mass is 14.8. The summed E-state index contributed by atoms with van der Waals surface area (Å²) in [7, 11) is 0. The molecule has 2 atom stereocenters. The first-order valence-corrected chi connectivity index (χ1v) is 9.05. The zero-order valence-electron chi connectivity index (χ0n) is 15.8. The molecular formula is C25H26N2. The average molecular weight is 354 g/mol. The van der Waals surface area contributed by atoms with Crippen LogP contribution in [0, 0.1) is 5.92 Å². The highest BCUT2D eigenvalue weighted by Gasteiger charge is 2.11. The van der Waals surface area contributed by atoms with Gasteiger partial charge in [-0.1, -0.05) is 79.4 Å². The summed E-state index contributed by atoms with van der Waals surface area (Å²) in [6, 6.07) is 14.2. The summed E-state index contributed by atoms with van der Waals surface area (Å²) in [6.07, 6.45) is 19.4. The third-order valence-electron chi connectivity index (χ3n) is 4.04. The molecular weight excluding hydrogens is 328 g/mol. The molecule has 0 aliphatic rings. The lowest BCUT2D eigenvalue weighted by molar-refractivity contribution is 0.700. The second-order valence-electron chi connectivity index (χ2n) is 5.91. The smallest absolute Gasteiger partial charge is 0.0774 e. The van der Waals surface area contributed by atoms with Crippen molar-refractivity contribution in [3.8, 4) is 11.3 Å². The van der Waals surface area contributed by atoms with Gasteiger partial charge in [0.25, 0.3) is 0 Å². The molecule has 136 valence electrons. The average Bonchev–Trinajstić information content (AvgIpc) is 2.72. The molecule has 0 amide bonds. The summed E-state index contributed by atoms with van der Waals surface area (Å²) >= 11 is 0. The van der Waals surface area contributed by atoms with E-state index in [2.05, 4.69) is 53.5 Å². The number of rotatable bonds is 9. The lowest BCUT2D eigenvalue weighted by atomic mass is 9.96. The van der Waals surface area contributed by atoms with Gasteiger partial charge in [-0.3, -0.25) is 9.98 Å². The van der Waals surface area contributed by atoms with Crippen molar-refractivity contribution in [1.29, 1.82) is 0 Å². The predicted octanol–water partition coefficient (Wildman–Crippen LogP) is 6.32. The maximum absolute atomic E-state index is 4.60. The molecule has 0 N–H and O–H groups in total. The minimum Gasteiger partial charge on any atom is -0.285 e. The van der Waals surface area contributed by atoms with Gasteiger partial charge < -0.3 is 0 Å². The van der Waals surface area contributed by atoms with Gasteiger partial charge in [-0.2, -0.15) is 0 Å². The van der Waals surface area contributed by atoms with E-state index < -0.39 is 0 Å². The highest BCUT2D eigenvalue weighted by molar-refractivity contribution is 5.73. The number of aromatic nitrogens is 1. The van der Waals surface area contributed by atoms with E-state index in [1.807, 2.05) is 67.8 Å². The summed E-state index contributed by atoms with van der Waals surface area (Å²) < 4.78 is 0. The molecule has 2 heteroatoms. The van der Waals surface area contributed by atoms with Crippen LogP contribution in [0.1, 0.15) is 12.5 Å². The zero-order valence-corrected chi connectivity index (χ0v) is 15.8. The molecule has 0 saturated carbocycles. The second-order valence-corrected chi connectivity index (χ2v) is 5.91. The van der Waals surface area contributed by atoms with E-state index in [1.54, 1.807) is 12.3 Å². The van der Waals surface area contributed by atoms with Crippen LogP contribution in [0.5, 0.6) is 0 Å². The Morgan fingerprint density at radius 1 is 1.00 bits per heavy atom. The summed E-state index contributed by atoms with van der Waals surface area (Å²) in [5.74, 6) is 0.123. The van der Waals surface area contributed by atoms with Gasteiger partial charge in [-0.15, -0.1) is 6.58 Å². The van der Waals surface area contributed by atoms with Crippen LogP contribution in [-0.4, -0.2) is 17.2 Å². The van der Waals surface area contributed by atoms with Gasteiger partial charge in [-0.05, 0) is 30.7 Å². The van der Waals surface area contributed by atoms with E-state index in [0.717, 1.165) is 16.8 Å². The van der Waals surface area contributed by atoms with E-state index in [-0.39, 0.29) is 12.0 Å². The number of hydrogen-bond donors (Lipinski definition) is 0. The second kappa shape index (κ2) is 11.4. The van der Waals surface area contributed by atoms with Gasteiger partial charge in [0.1, 0.15) is 0 Å². The molecule has 1 heterocycles. The highest BCUT2D eigenvalue weighted by Crippen LogP contribution is 2.24. The third kappa shape index (κ3) is 6.19. The Labute approximate surface area is 162 Å². The van der Waals surface area contributed by atoms with Gasteiger partial charge >= 0.3 is 0 Å². The zero-order chi connectivity index (χ0) is 19.3. The molecule has 2 unspecified atom stereocenters. The van der Waals surface area contributed by atoms with E-state index >= 15 is 0 Å². The quantitative estimate of drug-likeness (QED) is 0.294. The number of nitrogens with zero attached hydrogens (tertiary/aromatic N) is 2. The van der Waals surface area contributed by atoms with Crippen LogP contribution < -0.4 is 0 Å². The Morgan fingerprint density at radius 3 is 2.52 bits per heavy atom. The van der Waals surface area contributed by atoms with E-state index in [1.165, 1.54) is 0 Å². The summed E-state index contributed by atoms with van der Waals surface area (Å²) in [5.41, 5.74) is 3.21. The molecule has 0 bridgehead atoms. The van der Waals surface area contributed by atoms with Crippen molar-refractivity contribution >= 4 is 12.3 Å². The molecule has 2 rings (SSSR count). The Balaban J connectivity index is 2.30. The molecule has 0 fully saturated rings. The number of benzene rings is 1. The SMILES string of the molecule is C=C/C=C\C=NC(C=C)C(/C=C\C)/C=C\c1ccccc1-c1ccccn1. The molecule has 2 nitrogen and oxygen atoms in total. The molecule has 0 aliphatic carbocycles. The maximum Gasteiger partial charge on any atom is 0.0774 e. The fourth-order valence-electron chi connectivity index (χ4n) is 2.72. The Hall–Kier alpha value is -3.26. The first-order valence-electron chi connectivity index (χ1n) is 9.05. The fraction of sp³-hybridized carbons (Fsp3) is 0.120. The largest absolute Gasteiger partial charge is 0.285 e. The third-order valence-corrected chi connectivity index (χ3v) is 4.04.